The number of rotatable bonds is 5. The van der Waals surface area contributed by atoms with Gasteiger partial charge < -0.3 is 19.1 Å². The Balaban J connectivity index is 1.53. The summed E-state index contributed by atoms with van der Waals surface area (Å²) in [5, 5.41) is 4.07. The summed E-state index contributed by atoms with van der Waals surface area (Å²) < 4.78 is 12.9. The van der Waals surface area contributed by atoms with E-state index in [0.29, 0.717) is 11.7 Å². The summed E-state index contributed by atoms with van der Waals surface area (Å²) >= 11 is 9.16. The van der Waals surface area contributed by atoms with Gasteiger partial charge in [-0.25, -0.2) is 0 Å². The molecule has 7 heteroatoms. The molecule has 2 atom stereocenters. The first kappa shape index (κ1) is 19.1. The minimum Gasteiger partial charge on any atom is -0.467 e. The van der Waals surface area contributed by atoms with Crippen molar-refractivity contribution in [3.05, 3.63) is 101 Å². The zero-order chi connectivity index (χ0) is 20.5. The largest absolute Gasteiger partial charge is 0.467 e. The van der Waals surface area contributed by atoms with Gasteiger partial charge >= 0.3 is 0 Å². The Labute approximate surface area is 187 Å². The Bertz CT molecular complexity index is 1140. The maximum atomic E-state index is 6.33. The molecule has 5 nitrogen and oxygen atoms in total. The van der Waals surface area contributed by atoms with Crippen LogP contribution in [0, 0.1) is 0 Å². The average Bonchev–Trinajstić information content (AvgIpc) is 3.51. The van der Waals surface area contributed by atoms with Crippen LogP contribution in [0.3, 0.4) is 0 Å². The minimum absolute atomic E-state index is 0.127. The van der Waals surface area contributed by atoms with Gasteiger partial charge in [-0.05, 0) is 60.7 Å². The normalized spacial score (nSPS) is 18.6. The number of thiocarbonyl (C=S) groups is 1. The van der Waals surface area contributed by atoms with Crippen LogP contribution in [-0.2, 0) is 6.54 Å². The van der Waals surface area contributed by atoms with E-state index < -0.39 is 0 Å². The molecule has 5 rings (SSSR count). The predicted molar refractivity (Wildman–Crippen MR) is 122 cm³/mol. The summed E-state index contributed by atoms with van der Waals surface area (Å²) in [6.45, 7) is 0.543. The lowest BCUT2D eigenvalue weighted by Crippen LogP contribution is -2.28. The second-order valence-corrected chi connectivity index (χ2v) is 8.35. The summed E-state index contributed by atoms with van der Waals surface area (Å²) in [6, 6.07) is 21.5. The van der Waals surface area contributed by atoms with Crippen LogP contribution in [0.4, 0.5) is 0 Å². The lowest BCUT2D eigenvalue weighted by molar-refractivity contribution is 0.253. The van der Waals surface area contributed by atoms with Crippen molar-refractivity contribution in [2.75, 3.05) is 0 Å². The van der Waals surface area contributed by atoms with E-state index in [2.05, 4.69) is 31.1 Å². The fourth-order valence-corrected chi connectivity index (χ4v) is 4.31. The van der Waals surface area contributed by atoms with E-state index in [4.69, 9.17) is 21.1 Å². The number of benzene rings is 1. The number of hydrogen-bond acceptors (Lipinski definition) is 4. The van der Waals surface area contributed by atoms with Gasteiger partial charge in [0.25, 0.3) is 0 Å². The van der Waals surface area contributed by atoms with Crippen LogP contribution in [0.1, 0.15) is 29.3 Å². The molecule has 0 aliphatic carbocycles. The molecule has 0 amide bonds. The molecule has 0 spiro atoms. The predicted octanol–water partition coefficient (Wildman–Crippen LogP) is 5.87. The summed E-state index contributed by atoms with van der Waals surface area (Å²) in [5.74, 6) is 2.47. The van der Waals surface area contributed by atoms with E-state index in [9.17, 15) is 0 Å². The molecule has 3 aromatic heterocycles. The van der Waals surface area contributed by atoms with Crippen molar-refractivity contribution in [1.82, 2.24) is 15.2 Å². The van der Waals surface area contributed by atoms with Crippen molar-refractivity contribution in [3.63, 3.8) is 0 Å². The van der Waals surface area contributed by atoms with Crippen molar-refractivity contribution >= 4 is 33.3 Å². The zero-order valence-electron chi connectivity index (χ0n) is 15.9. The van der Waals surface area contributed by atoms with Gasteiger partial charge in [-0.1, -0.05) is 34.1 Å². The average molecular weight is 480 g/mol. The number of halogens is 1. The number of hydrogen-bond donors (Lipinski definition) is 1. The van der Waals surface area contributed by atoms with Gasteiger partial charge in [-0.15, -0.1) is 0 Å². The van der Waals surface area contributed by atoms with Crippen LogP contribution in [-0.4, -0.2) is 15.0 Å². The van der Waals surface area contributed by atoms with Crippen LogP contribution in [0.2, 0.25) is 0 Å². The Morgan fingerprint density at radius 2 is 1.90 bits per heavy atom. The number of pyridine rings is 1. The highest BCUT2D eigenvalue weighted by molar-refractivity contribution is 9.10. The Morgan fingerprint density at radius 3 is 2.63 bits per heavy atom. The molecule has 1 N–H and O–H groups in total. The maximum Gasteiger partial charge on any atom is 0.170 e. The molecule has 0 bridgehead atoms. The molecule has 1 aromatic carbocycles. The first-order chi connectivity index (χ1) is 14.7. The molecule has 4 aromatic rings. The fraction of sp³-hybridized carbons (Fsp3) is 0.130. The third-order valence-corrected chi connectivity index (χ3v) is 6.03. The fourth-order valence-electron chi connectivity index (χ4n) is 3.74. The Morgan fingerprint density at radius 1 is 1.03 bits per heavy atom. The molecule has 4 heterocycles. The lowest BCUT2D eigenvalue weighted by Gasteiger charge is -2.25. The van der Waals surface area contributed by atoms with Crippen LogP contribution in [0.25, 0.3) is 11.3 Å². The third-order valence-electron chi connectivity index (χ3n) is 5.15. The first-order valence-corrected chi connectivity index (χ1v) is 10.8. The van der Waals surface area contributed by atoms with Crippen molar-refractivity contribution in [1.29, 1.82) is 0 Å². The third kappa shape index (κ3) is 3.66. The molecule has 0 saturated carbocycles. The van der Waals surface area contributed by atoms with E-state index in [0.717, 1.165) is 33.0 Å². The zero-order valence-corrected chi connectivity index (χ0v) is 18.3. The van der Waals surface area contributed by atoms with E-state index in [1.54, 1.807) is 12.5 Å². The topological polar surface area (TPSA) is 54.4 Å². The summed E-state index contributed by atoms with van der Waals surface area (Å²) in [6.07, 6.45) is 3.47. The minimum atomic E-state index is -0.151. The van der Waals surface area contributed by atoms with Gasteiger partial charge in [0.15, 0.2) is 5.11 Å². The SMILES string of the molecule is S=C1N[C@H](c2ccccn2)[C@@H](c2ccc(-c3ccc(Br)cc3)o2)N1Cc1ccco1. The molecular formula is C23H18BrN3O2S. The standard InChI is InChI=1S/C23H18BrN3O2S/c24-16-8-6-15(7-9-16)19-10-11-20(29-19)22-21(18-5-1-2-12-25-18)26-23(30)27(22)14-17-4-3-13-28-17/h1-13,21-22H,14H2,(H,26,30)/t21-,22-/m1/s1. The number of aromatic nitrogens is 1. The molecule has 1 aliphatic heterocycles. The van der Waals surface area contributed by atoms with Gasteiger partial charge in [0.05, 0.1) is 24.5 Å². The van der Waals surface area contributed by atoms with Crippen LogP contribution >= 0.6 is 28.1 Å². The van der Waals surface area contributed by atoms with Crippen LogP contribution in [0.15, 0.2) is 92.5 Å². The quantitative estimate of drug-likeness (QED) is 0.361. The Hall–Kier alpha value is -2.90. The summed E-state index contributed by atoms with van der Waals surface area (Å²) in [4.78, 5) is 6.65. The first-order valence-electron chi connectivity index (χ1n) is 9.55. The Kier molecular flexibility index (Phi) is 5.14. The number of nitrogens with one attached hydrogen (secondary N) is 1. The van der Waals surface area contributed by atoms with Gasteiger partial charge in [-0.3, -0.25) is 4.98 Å². The molecule has 1 saturated heterocycles. The van der Waals surface area contributed by atoms with Gasteiger partial charge in [-0.2, -0.15) is 0 Å². The molecule has 1 fully saturated rings. The molecule has 1 aliphatic rings. The summed E-state index contributed by atoms with van der Waals surface area (Å²) in [5.41, 5.74) is 1.93. The molecule has 150 valence electrons. The van der Waals surface area contributed by atoms with E-state index in [-0.39, 0.29) is 12.1 Å². The van der Waals surface area contributed by atoms with Crippen LogP contribution in [0.5, 0.6) is 0 Å². The smallest absolute Gasteiger partial charge is 0.170 e. The molecule has 0 radical (unpaired) electrons. The maximum absolute atomic E-state index is 6.33. The van der Waals surface area contributed by atoms with Crippen molar-refractivity contribution in [2.45, 2.75) is 18.6 Å². The lowest BCUT2D eigenvalue weighted by atomic mass is 10.0. The number of nitrogens with zero attached hydrogens (tertiary/aromatic N) is 2. The van der Waals surface area contributed by atoms with Crippen LogP contribution < -0.4 is 5.32 Å². The molecular weight excluding hydrogens is 462 g/mol. The van der Waals surface area contributed by atoms with E-state index in [1.807, 2.05) is 66.7 Å². The van der Waals surface area contributed by atoms with Crippen molar-refractivity contribution in [2.24, 2.45) is 0 Å². The van der Waals surface area contributed by atoms with Gasteiger partial charge in [0, 0.05) is 16.2 Å². The highest BCUT2D eigenvalue weighted by atomic mass is 79.9. The second kappa shape index (κ2) is 8.08. The molecule has 30 heavy (non-hydrogen) atoms. The number of furan rings is 2. The highest BCUT2D eigenvalue weighted by Gasteiger charge is 2.42. The monoisotopic (exact) mass is 479 g/mol. The molecule has 0 unspecified atom stereocenters. The van der Waals surface area contributed by atoms with Crippen molar-refractivity contribution < 1.29 is 8.83 Å². The highest BCUT2D eigenvalue weighted by Crippen LogP contribution is 2.41. The van der Waals surface area contributed by atoms with Crippen molar-refractivity contribution in [3.8, 4) is 11.3 Å². The summed E-state index contributed by atoms with van der Waals surface area (Å²) in [7, 11) is 0. The van der Waals surface area contributed by atoms with E-state index in [1.165, 1.54) is 0 Å². The van der Waals surface area contributed by atoms with Gasteiger partial charge in [0.2, 0.25) is 0 Å². The van der Waals surface area contributed by atoms with Gasteiger partial charge in [0.1, 0.15) is 23.3 Å². The second-order valence-electron chi connectivity index (χ2n) is 7.04. The van der Waals surface area contributed by atoms with E-state index >= 15 is 0 Å².